The molecule has 3 N–H and O–H groups in total. The van der Waals surface area contributed by atoms with E-state index in [0.717, 1.165) is 15.7 Å². The fourth-order valence-corrected chi connectivity index (χ4v) is 4.16. The van der Waals surface area contributed by atoms with Gasteiger partial charge in [-0.15, -0.1) is 0 Å². The van der Waals surface area contributed by atoms with Crippen LogP contribution < -0.4 is 10.5 Å². The molecule has 0 atom stereocenters. The summed E-state index contributed by atoms with van der Waals surface area (Å²) in [5.41, 5.74) is 5.61. The molecule has 2 aromatic carbocycles. The van der Waals surface area contributed by atoms with E-state index in [4.69, 9.17) is 5.73 Å². The first-order chi connectivity index (χ1) is 9.29. The van der Waals surface area contributed by atoms with Gasteiger partial charge in [0.15, 0.2) is 0 Å². The zero-order valence-corrected chi connectivity index (χ0v) is 14.5. The molecular weight excluding hydrogens is 462 g/mol. The Morgan fingerprint density at radius 2 is 1.95 bits per heavy atom. The Labute approximate surface area is 137 Å². The van der Waals surface area contributed by atoms with Crippen LogP contribution in [0.15, 0.2) is 45.8 Å². The number of sulfonamides is 1. The number of benzene rings is 2. The summed E-state index contributed by atoms with van der Waals surface area (Å²) in [7, 11) is -3.85. The molecule has 0 amide bonds. The second kappa shape index (κ2) is 5.86. The van der Waals surface area contributed by atoms with Gasteiger partial charge < -0.3 is 5.73 Å². The summed E-state index contributed by atoms with van der Waals surface area (Å²) >= 11 is 5.10. The Morgan fingerprint density at radius 3 is 2.60 bits per heavy atom. The molecule has 0 radical (unpaired) electrons. The van der Waals surface area contributed by atoms with Crippen LogP contribution in [0.1, 0.15) is 0 Å². The molecule has 4 nitrogen and oxygen atoms in total. The molecule has 106 valence electrons. The Bertz CT molecular complexity index is 768. The van der Waals surface area contributed by atoms with Crippen molar-refractivity contribution in [1.82, 2.24) is 0 Å². The normalized spacial score (nSPS) is 11.3. The third kappa shape index (κ3) is 3.41. The van der Waals surface area contributed by atoms with Crippen LogP contribution in [0.3, 0.4) is 0 Å². The van der Waals surface area contributed by atoms with Crippen molar-refractivity contribution in [2.75, 3.05) is 10.5 Å². The highest BCUT2D eigenvalue weighted by Gasteiger charge is 2.20. The number of anilines is 2. The molecule has 0 saturated heterocycles. The SMILES string of the molecule is Nc1cc(S(=O)(=O)Nc2cccc(I)c2)c(Br)cc1F. The average Bonchev–Trinajstić information content (AvgIpc) is 2.33. The van der Waals surface area contributed by atoms with Crippen LogP contribution >= 0.6 is 38.5 Å². The molecule has 2 aromatic rings. The summed E-state index contributed by atoms with van der Waals surface area (Å²) in [6, 6.07) is 8.98. The molecule has 0 aliphatic rings. The third-order valence-electron chi connectivity index (χ3n) is 2.42. The summed E-state index contributed by atoms with van der Waals surface area (Å²) in [6.45, 7) is 0. The van der Waals surface area contributed by atoms with Crippen molar-refractivity contribution >= 4 is 59.9 Å². The second-order valence-corrected chi connectivity index (χ2v) is 7.67. The average molecular weight is 471 g/mol. The number of nitrogens with one attached hydrogen (secondary N) is 1. The van der Waals surface area contributed by atoms with Crippen molar-refractivity contribution in [3.05, 3.63) is 50.3 Å². The van der Waals surface area contributed by atoms with Gasteiger partial charge in [0.1, 0.15) is 10.7 Å². The molecule has 2 rings (SSSR count). The Morgan fingerprint density at radius 1 is 1.25 bits per heavy atom. The van der Waals surface area contributed by atoms with E-state index in [1.165, 1.54) is 0 Å². The molecular formula is C12H9BrFIN2O2S. The Kier molecular flexibility index (Phi) is 4.55. The van der Waals surface area contributed by atoms with Gasteiger partial charge in [0.05, 0.1) is 5.69 Å². The van der Waals surface area contributed by atoms with Crippen molar-refractivity contribution in [2.24, 2.45) is 0 Å². The smallest absolute Gasteiger partial charge is 0.263 e. The number of nitrogen functional groups attached to an aromatic ring is 1. The molecule has 0 unspecified atom stereocenters. The first-order valence-corrected chi connectivity index (χ1v) is 8.68. The fourth-order valence-electron chi connectivity index (χ4n) is 1.51. The lowest BCUT2D eigenvalue weighted by Crippen LogP contribution is -2.14. The fraction of sp³-hybridized carbons (Fsp3) is 0. The predicted octanol–water partition coefficient (Wildman–Crippen LogP) is 3.58. The number of nitrogens with two attached hydrogens (primary N) is 1. The van der Waals surface area contributed by atoms with Crippen molar-refractivity contribution in [2.45, 2.75) is 4.90 Å². The first kappa shape index (κ1) is 15.5. The van der Waals surface area contributed by atoms with Gasteiger partial charge in [-0.05, 0) is 68.9 Å². The summed E-state index contributed by atoms with van der Waals surface area (Å²) in [4.78, 5) is -0.115. The Hall–Kier alpha value is -0.870. The third-order valence-corrected chi connectivity index (χ3v) is 5.43. The van der Waals surface area contributed by atoms with Gasteiger partial charge in [-0.2, -0.15) is 0 Å². The number of hydrogen-bond acceptors (Lipinski definition) is 3. The minimum atomic E-state index is -3.85. The van der Waals surface area contributed by atoms with E-state index in [1.54, 1.807) is 18.2 Å². The van der Waals surface area contributed by atoms with E-state index in [0.29, 0.717) is 5.69 Å². The maximum absolute atomic E-state index is 13.3. The zero-order chi connectivity index (χ0) is 14.9. The maximum Gasteiger partial charge on any atom is 0.263 e. The van der Waals surface area contributed by atoms with Crippen LogP contribution in [0.25, 0.3) is 0 Å². The second-order valence-electron chi connectivity index (χ2n) is 3.92. The summed E-state index contributed by atoms with van der Waals surface area (Å²) < 4.78 is 41.2. The molecule has 8 heteroatoms. The minimum Gasteiger partial charge on any atom is -0.396 e. The quantitative estimate of drug-likeness (QED) is 0.532. The van der Waals surface area contributed by atoms with Crippen molar-refractivity contribution in [1.29, 1.82) is 0 Å². The molecule has 0 saturated carbocycles. The number of hydrogen-bond donors (Lipinski definition) is 2. The van der Waals surface area contributed by atoms with Gasteiger partial charge in [-0.3, -0.25) is 4.72 Å². The van der Waals surface area contributed by atoms with E-state index >= 15 is 0 Å². The van der Waals surface area contributed by atoms with Crippen LogP contribution in [0.5, 0.6) is 0 Å². The molecule has 0 fully saturated rings. The van der Waals surface area contributed by atoms with Gasteiger partial charge in [0, 0.05) is 13.7 Å². The lowest BCUT2D eigenvalue weighted by atomic mass is 10.3. The molecule has 0 aromatic heterocycles. The lowest BCUT2D eigenvalue weighted by molar-refractivity contribution is 0.599. The van der Waals surface area contributed by atoms with E-state index in [9.17, 15) is 12.8 Å². The first-order valence-electron chi connectivity index (χ1n) is 5.32. The van der Waals surface area contributed by atoms with E-state index in [-0.39, 0.29) is 15.1 Å². The van der Waals surface area contributed by atoms with E-state index in [1.807, 2.05) is 6.07 Å². The highest BCUT2D eigenvalue weighted by atomic mass is 127. The van der Waals surface area contributed by atoms with Crippen LogP contribution in [-0.2, 0) is 10.0 Å². The van der Waals surface area contributed by atoms with Gasteiger partial charge >= 0.3 is 0 Å². The molecule has 0 bridgehead atoms. The molecule has 20 heavy (non-hydrogen) atoms. The summed E-state index contributed by atoms with van der Waals surface area (Å²) in [6.07, 6.45) is 0. The Balaban J connectivity index is 2.43. The highest BCUT2D eigenvalue weighted by molar-refractivity contribution is 14.1. The predicted molar refractivity (Wildman–Crippen MR) is 88.5 cm³/mol. The monoisotopic (exact) mass is 470 g/mol. The van der Waals surface area contributed by atoms with Crippen LogP contribution in [0.4, 0.5) is 15.8 Å². The molecule has 0 heterocycles. The van der Waals surface area contributed by atoms with Crippen molar-refractivity contribution < 1.29 is 12.8 Å². The standard InChI is InChI=1S/C12H9BrFIN2O2S/c13-9-5-10(14)11(16)6-12(9)20(18,19)17-8-3-1-2-7(15)4-8/h1-6,17H,16H2. The van der Waals surface area contributed by atoms with Gasteiger partial charge in [-0.1, -0.05) is 6.07 Å². The maximum atomic E-state index is 13.3. The van der Waals surface area contributed by atoms with Crippen molar-refractivity contribution in [3.63, 3.8) is 0 Å². The number of rotatable bonds is 3. The lowest BCUT2D eigenvalue weighted by Gasteiger charge is -2.11. The zero-order valence-electron chi connectivity index (χ0n) is 9.90. The summed E-state index contributed by atoms with van der Waals surface area (Å²) in [5, 5.41) is 0. The molecule has 0 aliphatic heterocycles. The van der Waals surface area contributed by atoms with Gasteiger partial charge in [-0.25, -0.2) is 12.8 Å². The summed E-state index contributed by atoms with van der Waals surface area (Å²) in [5.74, 6) is -0.676. The van der Waals surface area contributed by atoms with Gasteiger partial charge in [0.2, 0.25) is 0 Å². The van der Waals surface area contributed by atoms with Crippen LogP contribution in [-0.4, -0.2) is 8.42 Å². The van der Waals surface area contributed by atoms with Gasteiger partial charge in [0.25, 0.3) is 10.0 Å². The van der Waals surface area contributed by atoms with Crippen LogP contribution in [0.2, 0.25) is 0 Å². The highest BCUT2D eigenvalue weighted by Crippen LogP contribution is 2.28. The topological polar surface area (TPSA) is 72.2 Å². The minimum absolute atomic E-state index is 0.113. The molecule has 0 spiro atoms. The molecule has 0 aliphatic carbocycles. The van der Waals surface area contributed by atoms with Crippen molar-refractivity contribution in [3.8, 4) is 0 Å². The van der Waals surface area contributed by atoms with E-state index in [2.05, 4.69) is 43.2 Å². The van der Waals surface area contributed by atoms with E-state index < -0.39 is 15.8 Å². The number of halogens is 3. The largest absolute Gasteiger partial charge is 0.396 e. The van der Waals surface area contributed by atoms with Crippen LogP contribution in [0, 0.1) is 9.39 Å².